The molecule has 6 nitrogen and oxygen atoms in total. The molecule has 0 aliphatic carbocycles. The highest BCUT2D eigenvalue weighted by atomic mass is 32.2. The van der Waals surface area contributed by atoms with Gasteiger partial charge in [-0.1, -0.05) is 36.4 Å². The van der Waals surface area contributed by atoms with Gasteiger partial charge in [0.25, 0.3) is 0 Å². The molecule has 2 heterocycles. The van der Waals surface area contributed by atoms with Crippen molar-refractivity contribution < 1.29 is 13.2 Å². The summed E-state index contributed by atoms with van der Waals surface area (Å²) in [5.41, 5.74) is 1.57. The van der Waals surface area contributed by atoms with Crippen LogP contribution < -0.4 is 4.74 Å². The van der Waals surface area contributed by atoms with Crippen LogP contribution in [-0.2, 0) is 16.3 Å². The maximum atomic E-state index is 12.3. The summed E-state index contributed by atoms with van der Waals surface area (Å²) in [7, 11) is -3.57. The molecule has 0 unspecified atom stereocenters. The second-order valence-corrected chi connectivity index (χ2v) is 6.96. The lowest BCUT2D eigenvalue weighted by Gasteiger charge is -2.07. The van der Waals surface area contributed by atoms with Crippen LogP contribution in [0.15, 0.2) is 59.2 Å². The third kappa shape index (κ3) is 3.30. The third-order valence-corrected chi connectivity index (χ3v) is 5.06. The van der Waals surface area contributed by atoms with Crippen LogP contribution in [0, 0.1) is 0 Å². The molecular weight excluding hydrogens is 326 g/mol. The highest BCUT2D eigenvalue weighted by molar-refractivity contribution is 7.94. The zero-order valence-electron chi connectivity index (χ0n) is 13.1. The van der Waals surface area contributed by atoms with Gasteiger partial charge in [-0.15, -0.1) is 0 Å². The number of benzene rings is 1. The summed E-state index contributed by atoms with van der Waals surface area (Å²) in [6, 6.07) is 9.91. The van der Waals surface area contributed by atoms with Crippen LogP contribution in [0.3, 0.4) is 0 Å². The van der Waals surface area contributed by atoms with Crippen LogP contribution in [0.5, 0.6) is 5.88 Å². The van der Waals surface area contributed by atoms with E-state index in [9.17, 15) is 8.42 Å². The van der Waals surface area contributed by atoms with E-state index in [-0.39, 0.29) is 10.8 Å². The smallest absolute Gasteiger partial charge is 0.227 e. The zero-order valence-corrected chi connectivity index (χ0v) is 14.0. The molecule has 0 aliphatic heterocycles. The Morgan fingerprint density at radius 3 is 2.75 bits per heavy atom. The minimum absolute atomic E-state index is 0.117. The summed E-state index contributed by atoms with van der Waals surface area (Å²) < 4.78 is 30.4. The lowest BCUT2D eigenvalue weighted by molar-refractivity contribution is 0.313. The van der Waals surface area contributed by atoms with Gasteiger partial charge in [-0.2, -0.15) is 0 Å². The fraction of sp³-hybridized carbons (Fsp3) is 0.176. The lowest BCUT2D eigenvalue weighted by Crippen LogP contribution is -2.04. The molecule has 3 aromatic rings. The fourth-order valence-corrected chi connectivity index (χ4v) is 3.60. The van der Waals surface area contributed by atoms with Crippen LogP contribution in [0.2, 0.25) is 0 Å². The summed E-state index contributed by atoms with van der Waals surface area (Å²) in [6.45, 7) is 2.05. The summed E-state index contributed by atoms with van der Waals surface area (Å²) in [5, 5.41) is 1.53. The Balaban J connectivity index is 1.89. The Bertz CT molecular complexity index is 963. The molecule has 124 valence electrons. The molecule has 0 radical (unpaired) electrons. The van der Waals surface area contributed by atoms with E-state index in [0.29, 0.717) is 24.1 Å². The van der Waals surface area contributed by atoms with Gasteiger partial charge in [-0.3, -0.25) is 0 Å². The van der Waals surface area contributed by atoms with Gasteiger partial charge >= 0.3 is 0 Å². The minimum atomic E-state index is -3.57. The van der Waals surface area contributed by atoms with Crippen molar-refractivity contribution in [2.45, 2.75) is 18.2 Å². The third-order valence-electron chi connectivity index (χ3n) is 3.49. The Hall–Kier alpha value is -2.67. The number of sulfone groups is 1. The number of aromatic nitrogens is 3. The largest absolute Gasteiger partial charge is 0.477 e. The van der Waals surface area contributed by atoms with Crippen molar-refractivity contribution in [1.82, 2.24) is 15.0 Å². The summed E-state index contributed by atoms with van der Waals surface area (Å²) in [6.07, 6.45) is 4.95. The van der Waals surface area contributed by atoms with Crippen molar-refractivity contribution in [2.24, 2.45) is 0 Å². The first-order valence-electron chi connectivity index (χ1n) is 7.48. The first-order chi connectivity index (χ1) is 11.6. The van der Waals surface area contributed by atoms with Crippen LogP contribution in [0.4, 0.5) is 0 Å². The quantitative estimate of drug-likeness (QED) is 0.744. The van der Waals surface area contributed by atoms with E-state index in [4.69, 9.17) is 4.74 Å². The molecule has 0 spiro atoms. The Labute approximate surface area is 140 Å². The molecule has 2 aromatic heterocycles. The Kier molecular flexibility index (Phi) is 4.61. The molecule has 24 heavy (non-hydrogen) atoms. The number of allylic oxidation sites excluding steroid dienone is 1. The van der Waals surface area contributed by atoms with Gasteiger partial charge in [0, 0.05) is 18.0 Å². The second kappa shape index (κ2) is 6.84. The Morgan fingerprint density at radius 1 is 1.21 bits per heavy atom. The zero-order chi connectivity index (χ0) is 17.0. The van der Waals surface area contributed by atoms with E-state index >= 15 is 0 Å². The number of hydrogen-bond donors (Lipinski definition) is 1. The van der Waals surface area contributed by atoms with Crippen LogP contribution in [-0.4, -0.2) is 30.0 Å². The van der Waals surface area contributed by atoms with E-state index in [1.54, 1.807) is 6.92 Å². The van der Waals surface area contributed by atoms with Gasteiger partial charge in [0.05, 0.1) is 12.0 Å². The molecule has 0 fully saturated rings. The van der Waals surface area contributed by atoms with Gasteiger partial charge < -0.3 is 9.72 Å². The number of hydrogen-bond acceptors (Lipinski definition) is 5. The molecule has 0 atom stereocenters. The van der Waals surface area contributed by atoms with Gasteiger partial charge in [0.1, 0.15) is 16.9 Å². The minimum Gasteiger partial charge on any atom is -0.477 e. The van der Waals surface area contributed by atoms with E-state index in [1.807, 2.05) is 30.3 Å². The summed E-state index contributed by atoms with van der Waals surface area (Å²) in [4.78, 5) is 11.1. The monoisotopic (exact) mass is 343 g/mol. The molecule has 1 aromatic carbocycles. The predicted molar refractivity (Wildman–Crippen MR) is 91.5 cm³/mol. The average molecular weight is 343 g/mol. The molecule has 0 aliphatic rings. The standard InChI is InChI=1S/C17H17N3O3S/c1-2-10-24(21,22)14-11-18-16-15(14)17(20-12-19-16)23-9-8-13-6-4-3-5-7-13/h2-7,10-12H,8-9H2,1H3,(H,18,19,20)/b10-2+. The molecule has 0 amide bonds. The molecule has 0 saturated heterocycles. The van der Waals surface area contributed by atoms with Gasteiger partial charge in [-0.25, -0.2) is 18.4 Å². The maximum absolute atomic E-state index is 12.3. The van der Waals surface area contributed by atoms with Crippen molar-refractivity contribution in [2.75, 3.05) is 6.61 Å². The average Bonchev–Trinajstić information content (AvgIpc) is 3.02. The van der Waals surface area contributed by atoms with Gasteiger partial charge in [-0.05, 0) is 12.5 Å². The molecular formula is C17H17N3O3S. The van der Waals surface area contributed by atoms with Crippen molar-refractivity contribution >= 4 is 20.9 Å². The number of rotatable bonds is 6. The highest BCUT2D eigenvalue weighted by Gasteiger charge is 2.21. The van der Waals surface area contributed by atoms with Gasteiger partial charge in [0.2, 0.25) is 15.7 Å². The summed E-state index contributed by atoms with van der Waals surface area (Å²) >= 11 is 0. The normalized spacial score (nSPS) is 12.0. The number of H-pyrrole nitrogens is 1. The Morgan fingerprint density at radius 2 is 2.00 bits per heavy atom. The number of nitrogens with zero attached hydrogens (tertiary/aromatic N) is 2. The van der Waals surface area contributed by atoms with Crippen molar-refractivity contribution in [3.05, 3.63) is 59.9 Å². The van der Waals surface area contributed by atoms with E-state index < -0.39 is 9.84 Å². The number of aromatic amines is 1. The topological polar surface area (TPSA) is 84.9 Å². The van der Waals surface area contributed by atoms with E-state index in [2.05, 4.69) is 15.0 Å². The number of nitrogens with one attached hydrogen (secondary N) is 1. The summed E-state index contributed by atoms with van der Waals surface area (Å²) in [5.74, 6) is 0.264. The lowest BCUT2D eigenvalue weighted by atomic mass is 10.2. The van der Waals surface area contributed by atoms with E-state index in [0.717, 1.165) is 11.0 Å². The van der Waals surface area contributed by atoms with E-state index in [1.165, 1.54) is 18.6 Å². The molecule has 0 saturated carbocycles. The second-order valence-electron chi connectivity index (χ2n) is 5.15. The first kappa shape index (κ1) is 16.2. The van der Waals surface area contributed by atoms with Crippen LogP contribution >= 0.6 is 0 Å². The SMILES string of the molecule is C/C=C/S(=O)(=O)c1c[nH]c2ncnc(OCCc3ccccc3)c12. The molecule has 0 bridgehead atoms. The predicted octanol–water partition coefficient (Wildman–Crippen LogP) is 2.89. The van der Waals surface area contributed by atoms with Crippen LogP contribution in [0.1, 0.15) is 12.5 Å². The van der Waals surface area contributed by atoms with Crippen LogP contribution in [0.25, 0.3) is 11.0 Å². The number of ether oxygens (including phenoxy) is 1. The molecule has 3 rings (SSSR count). The number of fused-ring (bicyclic) bond motifs is 1. The van der Waals surface area contributed by atoms with Crippen molar-refractivity contribution in [3.8, 4) is 5.88 Å². The maximum Gasteiger partial charge on any atom is 0.227 e. The molecule has 7 heteroatoms. The van der Waals surface area contributed by atoms with Crippen molar-refractivity contribution in [1.29, 1.82) is 0 Å². The first-order valence-corrected chi connectivity index (χ1v) is 9.03. The fourth-order valence-electron chi connectivity index (χ4n) is 2.40. The molecule has 1 N–H and O–H groups in total. The van der Waals surface area contributed by atoms with Crippen molar-refractivity contribution in [3.63, 3.8) is 0 Å². The highest BCUT2D eigenvalue weighted by Crippen LogP contribution is 2.29. The van der Waals surface area contributed by atoms with Gasteiger partial charge in [0.15, 0.2) is 0 Å².